The number of benzene rings is 1. The van der Waals surface area contributed by atoms with Crippen molar-refractivity contribution < 1.29 is 15.0 Å². The van der Waals surface area contributed by atoms with E-state index < -0.39 is 12.2 Å². The molecule has 1 aliphatic rings. The van der Waals surface area contributed by atoms with Gasteiger partial charge in [0.05, 0.1) is 18.6 Å². The van der Waals surface area contributed by atoms with Crippen molar-refractivity contribution in [3.8, 4) is 0 Å². The summed E-state index contributed by atoms with van der Waals surface area (Å²) in [6.45, 7) is 0.316. The van der Waals surface area contributed by atoms with Crippen molar-refractivity contribution in [2.75, 3.05) is 13.1 Å². The quantitative estimate of drug-likeness (QED) is 0.857. The molecular formula is C12H13Cl2NO3. The van der Waals surface area contributed by atoms with E-state index in [1.807, 2.05) is 0 Å². The van der Waals surface area contributed by atoms with Crippen molar-refractivity contribution in [2.24, 2.45) is 0 Å². The number of aliphatic hydroxyl groups excluding tert-OH is 2. The monoisotopic (exact) mass is 289 g/mol. The number of aliphatic hydroxyl groups is 2. The Labute approximate surface area is 115 Å². The van der Waals surface area contributed by atoms with Crippen LogP contribution in [-0.4, -0.2) is 46.3 Å². The Morgan fingerprint density at radius 1 is 1.28 bits per heavy atom. The molecule has 1 aliphatic heterocycles. The molecule has 0 bridgehead atoms. The Hall–Kier alpha value is -0.810. The molecule has 0 radical (unpaired) electrons. The van der Waals surface area contributed by atoms with E-state index in [0.717, 1.165) is 0 Å². The molecule has 18 heavy (non-hydrogen) atoms. The van der Waals surface area contributed by atoms with Gasteiger partial charge in [0, 0.05) is 23.1 Å². The summed E-state index contributed by atoms with van der Waals surface area (Å²) in [6.07, 6.45) is -1.60. The van der Waals surface area contributed by atoms with Crippen LogP contribution in [0.3, 0.4) is 0 Å². The number of nitrogens with zero attached hydrogens (tertiary/aromatic N) is 1. The van der Waals surface area contributed by atoms with E-state index in [1.54, 1.807) is 18.2 Å². The Balaban J connectivity index is 2.03. The second kappa shape index (κ2) is 5.45. The second-order valence-electron chi connectivity index (χ2n) is 4.35. The lowest BCUT2D eigenvalue weighted by atomic mass is 10.1. The SMILES string of the molecule is O=C(Cc1ccc(Cl)cc1Cl)N1CC(O)C(O)C1. The predicted octanol–water partition coefficient (Wildman–Crippen LogP) is 1.10. The molecule has 0 aliphatic carbocycles. The summed E-state index contributed by atoms with van der Waals surface area (Å²) in [6, 6.07) is 4.95. The van der Waals surface area contributed by atoms with Crippen LogP contribution < -0.4 is 0 Å². The summed E-state index contributed by atoms with van der Waals surface area (Å²) < 4.78 is 0. The predicted molar refractivity (Wildman–Crippen MR) is 68.8 cm³/mol. The number of hydrogen-bond acceptors (Lipinski definition) is 3. The topological polar surface area (TPSA) is 60.8 Å². The first-order chi connectivity index (χ1) is 8.47. The number of hydrogen-bond donors (Lipinski definition) is 2. The van der Waals surface area contributed by atoms with Crippen LogP contribution in [0, 0.1) is 0 Å². The highest BCUT2D eigenvalue weighted by Gasteiger charge is 2.32. The van der Waals surface area contributed by atoms with Gasteiger partial charge in [-0.3, -0.25) is 4.79 Å². The summed E-state index contributed by atoms with van der Waals surface area (Å²) >= 11 is 11.8. The largest absolute Gasteiger partial charge is 0.388 e. The highest BCUT2D eigenvalue weighted by atomic mass is 35.5. The number of carbonyl (C=O) groups is 1. The maximum Gasteiger partial charge on any atom is 0.227 e. The smallest absolute Gasteiger partial charge is 0.227 e. The molecule has 1 aromatic rings. The number of likely N-dealkylation sites (tertiary alicyclic amines) is 1. The summed E-state index contributed by atoms with van der Waals surface area (Å²) in [5.41, 5.74) is 0.682. The first kappa shape index (κ1) is 13.6. The van der Waals surface area contributed by atoms with Gasteiger partial charge in [0.2, 0.25) is 5.91 Å². The van der Waals surface area contributed by atoms with E-state index in [2.05, 4.69) is 0 Å². The Kier molecular flexibility index (Phi) is 4.12. The molecular weight excluding hydrogens is 277 g/mol. The van der Waals surface area contributed by atoms with Crippen LogP contribution in [0.25, 0.3) is 0 Å². The molecule has 2 atom stereocenters. The molecule has 4 nitrogen and oxygen atoms in total. The Bertz CT molecular complexity index is 457. The third-order valence-electron chi connectivity index (χ3n) is 2.97. The molecule has 1 aromatic carbocycles. The standard InChI is InChI=1S/C12H13Cl2NO3/c13-8-2-1-7(9(14)4-8)3-12(18)15-5-10(16)11(17)6-15/h1-2,4,10-11,16-17H,3,5-6H2. The maximum absolute atomic E-state index is 12.0. The van der Waals surface area contributed by atoms with Crippen LogP contribution >= 0.6 is 23.2 Å². The van der Waals surface area contributed by atoms with Crippen LogP contribution in [0.2, 0.25) is 10.0 Å². The zero-order valence-electron chi connectivity index (χ0n) is 9.51. The van der Waals surface area contributed by atoms with Gasteiger partial charge in [-0.2, -0.15) is 0 Å². The highest BCUT2D eigenvalue weighted by molar-refractivity contribution is 6.35. The lowest BCUT2D eigenvalue weighted by Gasteiger charge is -2.15. The highest BCUT2D eigenvalue weighted by Crippen LogP contribution is 2.22. The molecule has 0 aromatic heterocycles. The fraction of sp³-hybridized carbons (Fsp3) is 0.417. The van der Waals surface area contributed by atoms with Crippen LogP contribution in [0.4, 0.5) is 0 Å². The van der Waals surface area contributed by atoms with E-state index in [0.29, 0.717) is 15.6 Å². The normalized spacial score (nSPS) is 23.4. The van der Waals surface area contributed by atoms with Gasteiger partial charge in [0.25, 0.3) is 0 Å². The second-order valence-corrected chi connectivity index (χ2v) is 5.19. The fourth-order valence-corrected chi connectivity index (χ4v) is 2.39. The van der Waals surface area contributed by atoms with Gasteiger partial charge in [-0.05, 0) is 17.7 Å². The van der Waals surface area contributed by atoms with Crippen LogP contribution in [-0.2, 0) is 11.2 Å². The number of carbonyl (C=O) groups excluding carboxylic acids is 1. The van der Waals surface area contributed by atoms with Gasteiger partial charge >= 0.3 is 0 Å². The molecule has 2 N–H and O–H groups in total. The first-order valence-electron chi connectivity index (χ1n) is 5.55. The van der Waals surface area contributed by atoms with Crippen molar-refractivity contribution in [3.63, 3.8) is 0 Å². The third kappa shape index (κ3) is 2.95. The summed E-state index contributed by atoms with van der Waals surface area (Å²) in [7, 11) is 0. The molecule has 1 heterocycles. The molecule has 0 saturated carbocycles. The summed E-state index contributed by atoms with van der Waals surface area (Å²) in [5, 5.41) is 19.7. The molecule has 1 amide bonds. The molecule has 1 saturated heterocycles. The van der Waals surface area contributed by atoms with E-state index >= 15 is 0 Å². The van der Waals surface area contributed by atoms with Gasteiger partial charge in [-0.15, -0.1) is 0 Å². The maximum atomic E-state index is 12.0. The zero-order valence-corrected chi connectivity index (χ0v) is 11.0. The van der Waals surface area contributed by atoms with E-state index in [4.69, 9.17) is 23.2 Å². The van der Waals surface area contributed by atoms with E-state index in [9.17, 15) is 15.0 Å². The average molecular weight is 290 g/mol. The molecule has 98 valence electrons. The molecule has 0 spiro atoms. The van der Waals surface area contributed by atoms with Crippen molar-refractivity contribution in [1.82, 2.24) is 4.90 Å². The van der Waals surface area contributed by atoms with Crippen LogP contribution in [0.15, 0.2) is 18.2 Å². The molecule has 1 fully saturated rings. The van der Waals surface area contributed by atoms with Crippen LogP contribution in [0.1, 0.15) is 5.56 Å². The lowest BCUT2D eigenvalue weighted by molar-refractivity contribution is -0.129. The van der Waals surface area contributed by atoms with E-state index in [-0.39, 0.29) is 25.4 Å². The average Bonchev–Trinajstić information content (AvgIpc) is 2.63. The number of halogens is 2. The minimum Gasteiger partial charge on any atom is -0.388 e. The Morgan fingerprint density at radius 3 is 2.44 bits per heavy atom. The summed E-state index contributed by atoms with van der Waals surface area (Å²) in [5.74, 6) is -0.171. The van der Waals surface area contributed by atoms with Crippen molar-refractivity contribution in [3.05, 3.63) is 33.8 Å². The number of amides is 1. The molecule has 6 heteroatoms. The first-order valence-corrected chi connectivity index (χ1v) is 6.31. The Morgan fingerprint density at radius 2 is 1.89 bits per heavy atom. The fourth-order valence-electron chi connectivity index (χ4n) is 1.91. The minimum atomic E-state index is -0.866. The molecule has 2 unspecified atom stereocenters. The van der Waals surface area contributed by atoms with Crippen molar-refractivity contribution in [2.45, 2.75) is 18.6 Å². The molecule has 2 rings (SSSR count). The third-order valence-corrected chi connectivity index (χ3v) is 3.56. The van der Waals surface area contributed by atoms with E-state index in [1.165, 1.54) is 4.90 Å². The van der Waals surface area contributed by atoms with Gasteiger partial charge in [0.15, 0.2) is 0 Å². The van der Waals surface area contributed by atoms with Gasteiger partial charge in [-0.1, -0.05) is 29.3 Å². The van der Waals surface area contributed by atoms with Gasteiger partial charge in [0.1, 0.15) is 0 Å². The number of rotatable bonds is 2. The zero-order chi connectivity index (χ0) is 13.3. The summed E-state index contributed by atoms with van der Waals surface area (Å²) in [4.78, 5) is 13.4. The van der Waals surface area contributed by atoms with Crippen LogP contribution in [0.5, 0.6) is 0 Å². The van der Waals surface area contributed by atoms with Gasteiger partial charge in [-0.25, -0.2) is 0 Å². The van der Waals surface area contributed by atoms with Gasteiger partial charge < -0.3 is 15.1 Å². The van der Waals surface area contributed by atoms with Crippen molar-refractivity contribution >= 4 is 29.1 Å². The lowest BCUT2D eigenvalue weighted by Crippen LogP contribution is -2.31. The number of β-amino-alcohol motifs (C(OH)–C–C–N with tert-alkyl or cyclic N) is 2. The van der Waals surface area contributed by atoms with Crippen molar-refractivity contribution in [1.29, 1.82) is 0 Å². The minimum absolute atomic E-state index is 0.134.